The maximum absolute atomic E-state index is 10.8. The quantitative estimate of drug-likeness (QED) is 0.649. The van der Waals surface area contributed by atoms with Gasteiger partial charge in [0.05, 0.1) is 12.0 Å². The number of aryl methyl sites for hydroxylation is 1. The van der Waals surface area contributed by atoms with E-state index in [0.717, 1.165) is 5.75 Å². The molecule has 6 nitrogen and oxygen atoms in total. The summed E-state index contributed by atoms with van der Waals surface area (Å²) in [6, 6.07) is 9.64. The van der Waals surface area contributed by atoms with Gasteiger partial charge in [-0.05, 0) is 30.7 Å². The number of methoxy groups -OCH3 is 1. The molecule has 0 spiro atoms. The smallest absolute Gasteiger partial charge is 0.290 e. The summed E-state index contributed by atoms with van der Waals surface area (Å²) in [7, 11) is 1.64. The van der Waals surface area contributed by atoms with E-state index in [1.54, 1.807) is 20.1 Å². The van der Waals surface area contributed by atoms with Crippen LogP contribution in [-0.2, 0) is 5.41 Å². The number of hydrogen-bond donors (Lipinski definition) is 1. The van der Waals surface area contributed by atoms with Gasteiger partial charge in [0.2, 0.25) is 0 Å². The Morgan fingerprint density at radius 1 is 1.30 bits per heavy atom. The van der Waals surface area contributed by atoms with Gasteiger partial charge in [-0.15, -0.1) is 0 Å². The zero-order valence-corrected chi connectivity index (χ0v) is 13.8. The first-order valence-corrected chi connectivity index (χ1v) is 7.33. The van der Waals surface area contributed by atoms with E-state index in [-0.39, 0.29) is 11.1 Å². The van der Waals surface area contributed by atoms with Crippen molar-refractivity contribution in [1.82, 2.24) is 4.98 Å². The number of nitro groups is 1. The minimum Gasteiger partial charge on any atom is -0.497 e. The Kier molecular flexibility index (Phi) is 4.83. The molecule has 0 aliphatic carbocycles. The van der Waals surface area contributed by atoms with Gasteiger partial charge in [0.15, 0.2) is 0 Å². The number of anilines is 1. The fourth-order valence-electron chi connectivity index (χ4n) is 2.29. The summed E-state index contributed by atoms with van der Waals surface area (Å²) in [5, 5.41) is 14.1. The molecule has 0 aliphatic rings. The van der Waals surface area contributed by atoms with Gasteiger partial charge in [-0.1, -0.05) is 26.0 Å². The zero-order valence-electron chi connectivity index (χ0n) is 13.8. The third-order valence-corrected chi connectivity index (χ3v) is 3.86. The molecule has 122 valence electrons. The van der Waals surface area contributed by atoms with E-state index < -0.39 is 4.92 Å². The highest BCUT2D eigenvalue weighted by Crippen LogP contribution is 2.26. The fourth-order valence-corrected chi connectivity index (χ4v) is 2.29. The largest absolute Gasteiger partial charge is 0.497 e. The van der Waals surface area contributed by atoms with Crippen LogP contribution in [0.15, 0.2) is 36.5 Å². The Balaban J connectivity index is 2.09. The Labute approximate surface area is 135 Å². The monoisotopic (exact) mass is 315 g/mol. The van der Waals surface area contributed by atoms with Crippen molar-refractivity contribution in [1.29, 1.82) is 0 Å². The molecule has 2 aromatic rings. The number of rotatable bonds is 6. The summed E-state index contributed by atoms with van der Waals surface area (Å²) in [6.07, 6.45) is 1.29. The number of nitrogens with zero attached hydrogens (tertiary/aromatic N) is 2. The van der Waals surface area contributed by atoms with Crippen LogP contribution >= 0.6 is 0 Å². The van der Waals surface area contributed by atoms with Crippen LogP contribution in [-0.4, -0.2) is 23.6 Å². The molecular weight excluding hydrogens is 294 g/mol. The molecule has 0 fully saturated rings. The first kappa shape index (κ1) is 16.7. The van der Waals surface area contributed by atoms with Crippen molar-refractivity contribution >= 4 is 11.5 Å². The minimum atomic E-state index is -0.423. The lowest BCUT2D eigenvalue weighted by Crippen LogP contribution is -2.27. The lowest BCUT2D eigenvalue weighted by molar-refractivity contribution is -0.385. The van der Waals surface area contributed by atoms with Crippen LogP contribution in [0.2, 0.25) is 0 Å². The normalized spacial score (nSPS) is 11.1. The fraction of sp³-hybridized carbons (Fsp3) is 0.353. The summed E-state index contributed by atoms with van der Waals surface area (Å²) in [5.41, 5.74) is 1.67. The van der Waals surface area contributed by atoms with Crippen molar-refractivity contribution in [2.45, 2.75) is 26.2 Å². The van der Waals surface area contributed by atoms with Gasteiger partial charge in [-0.3, -0.25) is 10.1 Å². The van der Waals surface area contributed by atoms with E-state index in [1.807, 2.05) is 24.3 Å². The molecule has 0 unspecified atom stereocenters. The molecule has 0 atom stereocenters. The number of pyridine rings is 1. The van der Waals surface area contributed by atoms with Crippen molar-refractivity contribution in [3.8, 4) is 5.75 Å². The highest BCUT2D eigenvalue weighted by atomic mass is 16.6. The second-order valence-electron chi connectivity index (χ2n) is 6.08. The van der Waals surface area contributed by atoms with Crippen LogP contribution in [0.3, 0.4) is 0 Å². The summed E-state index contributed by atoms with van der Waals surface area (Å²) in [6.45, 7) is 6.61. The molecule has 0 saturated carbocycles. The third-order valence-electron chi connectivity index (χ3n) is 3.86. The second kappa shape index (κ2) is 6.64. The van der Waals surface area contributed by atoms with Gasteiger partial charge in [0, 0.05) is 17.5 Å². The molecule has 6 heteroatoms. The van der Waals surface area contributed by atoms with Crippen molar-refractivity contribution < 1.29 is 9.66 Å². The molecule has 1 N–H and O–H groups in total. The Bertz CT molecular complexity index is 697. The number of aromatic nitrogens is 1. The number of nitrogens with one attached hydrogen (secondary N) is 1. The molecule has 0 radical (unpaired) electrons. The van der Waals surface area contributed by atoms with Crippen molar-refractivity contribution in [2.75, 3.05) is 19.0 Å². The third kappa shape index (κ3) is 3.97. The topological polar surface area (TPSA) is 77.3 Å². The van der Waals surface area contributed by atoms with Crippen molar-refractivity contribution in [2.24, 2.45) is 0 Å². The van der Waals surface area contributed by atoms with Crippen LogP contribution in [0.5, 0.6) is 5.75 Å². The van der Waals surface area contributed by atoms with Gasteiger partial charge in [0.1, 0.15) is 17.8 Å². The maximum Gasteiger partial charge on any atom is 0.290 e. The molecular formula is C17H21N3O3. The Morgan fingerprint density at radius 2 is 1.96 bits per heavy atom. The average Bonchev–Trinajstić information content (AvgIpc) is 2.53. The Morgan fingerprint density at radius 3 is 2.48 bits per heavy atom. The lowest BCUT2D eigenvalue weighted by atomic mass is 9.84. The summed E-state index contributed by atoms with van der Waals surface area (Å²) >= 11 is 0. The number of ether oxygens (including phenoxy) is 1. The molecule has 1 aromatic carbocycles. The Hall–Kier alpha value is -2.63. The van der Waals surface area contributed by atoms with Gasteiger partial charge in [0.25, 0.3) is 5.69 Å². The average molecular weight is 315 g/mol. The minimum absolute atomic E-state index is 0.0324. The van der Waals surface area contributed by atoms with Crippen molar-refractivity contribution in [3.05, 3.63) is 57.8 Å². The van der Waals surface area contributed by atoms with E-state index in [0.29, 0.717) is 17.9 Å². The molecule has 1 heterocycles. The first-order chi connectivity index (χ1) is 10.8. The molecule has 0 aliphatic heterocycles. The van der Waals surface area contributed by atoms with Gasteiger partial charge in [-0.25, -0.2) is 4.98 Å². The molecule has 1 aromatic heterocycles. The highest BCUT2D eigenvalue weighted by molar-refractivity contribution is 5.47. The highest BCUT2D eigenvalue weighted by Gasteiger charge is 2.21. The van der Waals surface area contributed by atoms with Crippen molar-refractivity contribution in [3.63, 3.8) is 0 Å². The van der Waals surface area contributed by atoms with Crippen LogP contribution in [0.4, 0.5) is 11.5 Å². The van der Waals surface area contributed by atoms with Crippen LogP contribution in [0, 0.1) is 17.0 Å². The lowest BCUT2D eigenvalue weighted by Gasteiger charge is -2.26. The molecule has 0 saturated heterocycles. The second-order valence-corrected chi connectivity index (χ2v) is 6.08. The predicted molar refractivity (Wildman–Crippen MR) is 90.1 cm³/mol. The molecule has 0 bridgehead atoms. The van der Waals surface area contributed by atoms with E-state index >= 15 is 0 Å². The SMILES string of the molecule is COc1ccc(C(C)(C)CNc2cc(C)c([N+](=O)[O-])cn2)cc1. The first-order valence-electron chi connectivity index (χ1n) is 7.33. The molecule has 0 amide bonds. The van der Waals surface area contributed by atoms with Gasteiger partial charge >= 0.3 is 0 Å². The van der Waals surface area contributed by atoms with E-state index in [1.165, 1.54) is 11.8 Å². The summed E-state index contributed by atoms with van der Waals surface area (Å²) in [4.78, 5) is 14.5. The van der Waals surface area contributed by atoms with E-state index in [4.69, 9.17) is 4.74 Å². The zero-order chi connectivity index (χ0) is 17.0. The van der Waals surface area contributed by atoms with E-state index in [2.05, 4.69) is 24.1 Å². The maximum atomic E-state index is 10.8. The number of hydrogen-bond acceptors (Lipinski definition) is 5. The molecule has 2 rings (SSSR count). The van der Waals surface area contributed by atoms with Crippen LogP contribution in [0.25, 0.3) is 0 Å². The van der Waals surface area contributed by atoms with E-state index in [9.17, 15) is 10.1 Å². The predicted octanol–water partition coefficient (Wildman–Crippen LogP) is 3.70. The standard InChI is InChI=1S/C17H21N3O3/c1-12-9-16(18-10-15(12)20(21)22)19-11-17(2,3)13-5-7-14(23-4)8-6-13/h5-10H,11H2,1-4H3,(H,18,19). The number of benzene rings is 1. The van der Waals surface area contributed by atoms with Gasteiger partial charge in [-0.2, -0.15) is 0 Å². The van der Waals surface area contributed by atoms with Gasteiger partial charge < -0.3 is 10.1 Å². The van der Waals surface area contributed by atoms with Crippen LogP contribution in [0.1, 0.15) is 25.0 Å². The van der Waals surface area contributed by atoms with Crippen LogP contribution < -0.4 is 10.1 Å². The summed E-state index contributed by atoms with van der Waals surface area (Å²) < 4.78 is 5.17. The molecule has 23 heavy (non-hydrogen) atoms. The summed E-state index contributed by atoms with van der Waals surface area (Å²) in [5.74, 6) is 1.46.